The van der Waals surface area contributed by atoms with Crippen LogP contribution in [0.25, 0.3) is 5.69 Å². The fourth-order valence-electron chi connectivity index (χ4n) is 3.63. The zero-order valence-electron chi connectivity index (χ0n) is 19.7. The van der Waals surface area contributed by atoms with E-state index in [-0.39, 0.29) is 21.2 Å². The maximum Gasteiger partial charge on any atom is 0.296 e. The zero-order chi connectivity index (χ0) is 26.0. The minimum Gasteiger partial charge on any atom is -0.322 e. The summed E-state index contributed by atoms with van der Waals surface area (Å²) in [5.41, 5.74) is 1.02. The van der Waals surface area contributed by atoms with Crippen molar-refractivity contribution in [3.05, 3.63) is 99.4 Å². The molecule has 0 saturated carbocycles. The van der Waals surface area contributed by atoms with E-state index in [1.165, 1.54) is 34.6 Å². The predicted molar refractivity (Wildman–Crippen MR) is 144 cm³/mol. The first-order chi connectivity index (χ1) is 17.1. The minimum atomic E-state index is -4.31. The molecule has 8 nitrogen and oxygen atoms in total. The van der Waals surface area contributed by atoms with Gasteiger partial charge in [0.15, 0.2) is 0 Å². The highest BCUT2D eigenvalue weighted by Crippen LogP contribution is 2.27. The monoisotopic (exact) mass is 542 g/mol. The molecule has 36 heavy (non-hydrogen) atoms. The number of rotatable bonds is 7. The van der Waals surface area contributed by atoms with Gasteiger partial charge in [-0.15, -0.1) is 11.8 Å². The number of amides is 1. The Morgan fingerprint density at radius 2 is 1.72 bits per heavy atom. The van der Waals surface area contributed by atoms with Crippen molar-refractivity contribution in [2.75, 3.05) is 16.3 Å². The normalized spacial score (nSPS) is 11.3. The third kappa shape index (κ3) is 5.06. The number of nitrogens with one attached hydrogen (secondary N) is 2. The largest absolute Gasteiger partial charge is 0.322 e. The van der Waals surface area contributed by atoms with Crippen LogP contribution in [0.4, 0.5) is 11.4 Å². The van der Waals surface area contributed by atoms with Gasteiger partial charge in [-0.3, -0.25) is 19.0 Å². The highest BCUT2D eigenvalue weighted by Gasteiger charge is 2.25. The first-order valence-corrected chi connectivity index (χ1v) is 13.8. The summed E-state index contributed by atoms with van der Waals surface area (Å²) in [4.78, 5) is 26.6. The second-order valence-corrected chi connectivity index (χ2v) is 10.8. The Morgan fingerprint density at radius 1 is 1.00 bits per heavy atom. The van der Waals surface area contributed by atoms with Crippen LogP contribution in [-0.4, -0.2) is 29.9 Å². The number of hydrogen-bond donors (Lipinski definition) is 2. The highest BCUT2D eigenvalue weighted by molar-refractivity contribution is 7.98. The van der Waals surface area contributed by atoms with Gasteiger partial charge in [-0.25, -0.2) is 13.1 Å². The first kappa shape index (κ1) is 25.6. The lowest BCUT2D eigenvalue weighted by atomic mass is 10.2. The molecule has 0 aliphatic heterocycles. The van der Waals surface area contributed by atoms with Crippen LogP contribution in [0.15, 0.2) is 87.4 Å². The fraction of sp³-hybridized carbons (Fsp3) is 0.120. The molecule has 0 radical (unpaired) electrons. The standard InChI is InChI=1S/C25H23ClN4O4S2/c1-16-23(25(32)30(29(16)2)19-9-5-4-6-10-19)28-36(33,34)22-14-17(12-13-21(22)26)24(31)27-18-8-7-11-20(15-18)35-3/h4-15,28H,1-3H3,(H,27,31). The molecular weight excluding hydrogens is 520 g/mol. The van der Waals surface area contributed by atoms with E-state index in [1.54, 1.807) is 49.0 Å². The van der Waals surface area contributed by atoms with Crippen molar-refractivity contribution in [2.45, 2.75) is 16.7 Å². The molecule has 0 aliphatic rings. The lowest BCUT2D eigenvalue weighted by molar-refractivity contribution is 0.102. The summed E-state index contributed by atoms with van der Waals surface area (Å²) >= 11 is 7.75. The predicted octanol–water partition coefficient (Wildman–Crippen LogP) is 4.91. The molecule has 0 unspecified atom stereocenters. The summed E-state index contributed by atoms with van der Waals surface area (Å²) in [5, 5.41) is 2.68. The Morgan fingerprint density at radius 3 is 2.42 bits per heavy atom. The molecule has 186 valence electrons. The van der Waals surface area contributed by atoms with Crippen LogP contribution in [0.3, 0.4) is 0 Å². The van der Waals surface area contributed by atoms with Crippen molar-refractivity contribution >= 4 is 50.7 Å². The third-order valence-electron chi connectivity index (χ3n) is 5.60. The van der Waals surface area contributed by atoms with Crippen molar-refractivity contribution in [2.24, 2.45) is 7.05 Å². The molecule has 1 amide bonds. The van der Waals surface area contributed by atoms with E-state index in [4.69, 9.17) is 11.6 Å². The van der Waals surface area contributed by atoms with E-state index in [1.807, 2.05) is 30.5 Å². The van der Waals surface area contributed by atoms with Gasteiger partial charge in [-0.05, 0) is 61.7 Å². The molecule has 0 bridgehead atoms. The number of carbonyl (C=O) groups is 1. The average molecular weight is 543 g/mol. The Kier molecular flexibility index (Phi) is 7.30. The quantitative estimate of drug-likeness (QED) is 0.323. The molecule has 1 aromatic heterocycles. The molecule has 0 spiro atoms. The van der Waals surface area contributed by atoms with Crippen molar-refractivity contribution in [1.29, 1.82) is 0 Å². The van der Waals surface area contributed by atoms with E-state index < -0.39 is 21.5 Å². The van der Waals surface area contributed by atoms with Crippen LogP contribution in [0, 0.1) is 6.92 Å². The third-order valence-corrected chi connectivity index (χ3v) is 8.16. The van der Waals surface area contributed by atoms with Gasteiger partial charge in [0.1, 0.15) is 10.6 Å². The number of hydrogen-bond acceptors (Lipinski definition) is 5. The van der Waals surface area contributed by atoms with Crippen molar-refractivity contribution in [3.8, 4) is 5.69 Å². The number of para-hydroxylation sites is 1. The summed E-state index contributed by atoms with van der Waals surface area (Å²) < 4.78 is 31.9. The summed E-state index contributed by atoms with van der Waals surface area (Å²) in [7, 11) is -2.65. The van der Waals surface area contributed by atoms with E-state index in [9.17, 15) is 18.0 Å². The minimum absolute atomic E-state index is 0.0830. The summed E-state index contributed by atoms with van der Waals surface area (Å²) in [5.74, 6) is -0.497. The van der Waals surface area contributed by atoms with Crippen LogP contribution in [0.5, 0.6) is 0 Å². The molecule has 11 heteroatoms. The lowest BCUT2D eigenvalue weighted by Crippen LogP contribution is -2.23. The Hall–Kier alpha value is -3.47. The van der Waals surface area contributed by atoms with Crippen LogP contribution in [0.1, 0.15) is 16.1 Å². The first-order valence-electron chi connectivity index (χ1n) is 10.7. The maximum atomic E-state index is 13.3. The molecule has 0 atom stereocenters. The highest BCUT2D eigenvalue weighted by atomic mass is 35.5. The molecule has 0 aliphatic carbocycles. The molecule has 0 fully saturated rings. The number of anilines is 2. The maximum absolute atomic E-state index is 13.3. The zero-order valence-corrected chi connectivity index (χ0v) is 22.0. The van der Waals surface area contributed by atoms with E-state index in [0.29, 0.717) is 17.1 Å². The van der Waals surface area contributed by atoms with Gasteiger partial charge in [-0.2, -0.15) is 0 Å². The van der Waals surface area contributed by atoms with Gasteiger partial charge in [0, 0.05) is 23.2 Å². The molecule has 1 heterocycles. The SMILES string of the molecule is CSc1cccc(NC(=O)c2ccc(Cl)c(S(=O)(=O)Nc3c(C)n(C)n(-c4ccccc4)c3=O)c2)c1. The number of halogens is 1. The summed E-state index contributed by atoms with van der Waals surface area (Å²) in [6.45, 7) is 1.63. The van der Waals surface area contributed by atoms with Gasteiger partial charge < -0.3 is 5.32 Å². The number of sulfonamides is 1. The molecule has 2 N–H and O–H groups in total. The summed E-state index contributed by atoms with van der Waals surface area (Å²) in [6, 6.07) is 20.1. The van der Waals surface area contributed by atoms with Gasteiger partial charge in [0.25, 0.3) is 21.5 Å². The number of nitrogens with zero attached hydrogens (tertiary/aromatic N) is 2. The van der Waals surface area contributed by atoms with E-state index >= 15 is 0 Å². The molecular formula is C25H23ClN4O4S2. The van der Waals surface area contributed by atoms with Crippen molar-refractivity contribution in [1.82, 2.24) is 9.36 Å². The van der Waals surface area contributed by atoms with Crippen LogP contribution >= 0.6 is 23.4 Å². The molecule has 4 rings (SSSR count). The van der Waals surface area contributed by atoms with E-state index in [2.05, 4.69) is 10.0 Å². The van der Waals surface area contributed by atoms with Gasteiger partial charge >= 0.3 is 0 Å². The smallest absolute Gasteiger partial charge is 0.296 e. The molecule has 4 aromatic rings. The molecule has 3 aromatic carbocycles. The number of aromatic nitrogens is 2. The topological polar surface area (TPSA) is 102 Å². The van der Waals surface area contributed by atoms with Crippen LogP contribution in [-0.2, 0) is 17.1 Å². The number of benzene rings is 3. The Bertz CT molecular complexity index is 1610. The fourth-order valence-corrected chi connectivity index (χ4v) is 5.73. The molecule has 0 saturated heterocycles. The van der Waals surface area contributed by atoms with Gasteiger partial charge in [0.05, 0.1) is 16.4 Å². The lowest BCUT2D eigenvalue weighted by Gasteiger charge is -2.11. The second-order valence-electron chi connectivity index (χ2n) is 7.87. The van der Waals surface area contributed by atoms with Gasteiger partial charge in [0.2, 0.25) is 0 Å². The number of thioether (sulfide) groups is 1. The Balaban J connectivity index is 1.67. The van der Waals surface area contributed by atoms with Gasteiger partial charge in [-0.1, -0.05) is 35.9 Å². The summed E-state index contributed by atoms with van der Waals surface area (Å²) in [6.07, 6.45) is 1.92. The average Bonchev–Trinajstić information content (AvgIpc) is 3.07. The van der Waals surface area contributed by atoms with Crippen molar-refractivity contribution < 1.29 is 13.2 Å². The number of carbonyl (C=O) groups excluding carboxylic acids is 1. The van der Waals surface area contributed by atoms with Crippen LogP contribution < -0.4 is 15.6 Å². The Labute approximate surface area is 217 Å². The van der Waals surface area contributed by atoms with Crippen LogP contribution in [0.2, 0.25) is 5.02 Å². The van der Waals surface area contributed by atoms with Crippen molar-refractivity contribution in [3.63, 3.8) is 0 Å². The second kappa shape index (κ2) is 10.3. The van der Waals surface area contributed by atoms with E-state index in [0.717, 1.165) is 4.90 Å².